The first-order valence-corrected chi connectivity index (χ1v) is 5.75. The van der Waals surface area contributed by atoms with Crippen LogP contribution in [0.15, 0.2) is 33.9 Å². The molecule has 0 atom stereocenters. The van der Waals surface area contributed by atoms with Crippen LogP contribution in [0.3, 0.4) is 0 Å². The molecule has 4 heteroatoms. The van der Waals surface area contributed by atoms with Gasteiger partial charge in [0, 0.05) is 6.54 Å². The number of nitrogens with one attached hydrogen (secondary N) is 1. The lowest BCUT2D eigenvalue weighted by atomic mass is 10.4. The van der Waals surface area contributed by atoms with Crippen LogP contribution in [-0.4, -0.2) is 19.8 Å². The second kappa shape index (κ2) is 7.68. The number of hydrogen-bond acceptors (Lipinski definition) is 3. The van der Waals surface area contributed by atoms with Crippen molar-refractivity contribution in [2.24, 2.45) is 0 Å². The minimum atomic E-state index is 0.714. The van der Waals surface area contributed by atoms with Crippen molar-refractivity contribution < 1.29 is 9.15 Å². The van der Waals surface area contributed by atoms with Crippen LogP contribution in [0.2, 0.25) is 0 Å². The average molecular weight is 274 g/mol. The molecular weight excluding hydrogens is 258 g/mol. The Labute approximate surface area is 98.6 Å². The van der Waals surface area contributed by atoms with Crippen molar-refractivity contribution in [3.63, 3.8) is 0 Å². The van der Waals surface area contributed by atoms with E-state index in [1.54, 1.807) is 6.26 Å². The van der Waals surface area contributed by atoms with Crippen LogP contribution in [0.1, 0.15) is 12.2 Å². The van der Waals surface area contributed by atoms with E-state index in [1.807, 2.05) is 12.1 Å². The summed E-state index contributed by atoms with van der Waals surface area (Å²) in [5.74, 6) is 0.918. The molecule has 0 fully saturated rings. The van der Waals surface area contributed by atoms with E-state index in [4.69, 9.17) is 9.15 Å². The van der Waals surface area contributed by atoms with Crippen LogP contribution >= 0.6 is 15.9 Å². The summed E-state index contributed by atoms with van der Waals surface area (Å²) in [6.45, 7) is 6.63. The highest BCUT2D eigenvalue weighted by atomic mass is 79.9. The molecule has 15 heavy (non-hydrogen) atoms. The van der Waals surface area contributed by atoms with E-state index in [9.17, 15) is 0 Å². The molecule has 0 aliphatic rings. The highest BCUT2D eigenvalue weighted by Crippen LogP contribution is 2.16. The van der Waals surface area contributed by atoms with Crippen molar-refractivity contribution in [1.82, 2.24) is 5.32 Å². The first-order valence-electron chi connectivity index (χ1n) is 4.96. The van der Waals surface area contributed by atoms with E-state index in [-0.39, 0.29) is 0 Å². The summed E-state index contributed by atoms with van der Waals surface area (Å²) < 4.78 is 11.6. The van der Waals surface area contributed by atoms with E-state index in [1.165, 1.54) is 0 Å². The maximum absolute atomic E-state index is 5.35. The summed E-state index contributed by atoms with van der Waals surface area (Å²) in [6.07, 6.45) is 4.43. The summed E-state index contributed by atoms with van der Waals surface area (Å²) in [6, 6.07) is 1.89. The first kappa shape index (κ1) is 12.5. The molecule has 0 radical (unpaired) electrons. The number of hydrogen-bond donors (Lipinski definition) is 1. The monoisotopic (exact) mass is 273 g/mol. The second-order valence-electron chi connectivity index (χ2n) is 3.06. The van der Waals surface area contributed by atoms with E-state index < -0.39 is 0 Å². The van der Waals surface area contributed by atoms with E-state index in [0.29, 0.717) is 6.61 Å². The van der Waals surface area contributed by atoms with Crippen LogP contribution in [0.25, 0.3) is 0 Å². The lowest BCUT2D eigenvalue weighted by Gasteiger charge is -2.04. The maximum atomic E-state index is 5.35. The third kappa shape index (κ3) is 5.16. The third-order valence-corrected chi connectivity index (χ3v) is 2.57. The fraction of sp³-hybridized carbons (Fsp3) is 0.455. The number of halogens is 1. The summed E-state index contributed by atoms with van der Waals surface area (Å²) in [7, 11) is 0. The molecule has 0 unspecified atom stereocenters. The SMILES string of the molecule is C=CCCOCCNCc1occc1Br. The average Bonchev–Trinajstić information content (AvgIpc) is 2.63. The van der Waals surface area contributed by atoms with Crippen LogP contribution in [0.4, 0.5) is 0 Å². The van der Waals surface area contributed by atoms with Gasteiger partial charge >= 0.3 is 0 Å². The Balaban J connectivity index is 1.98. The summed E-state index contributed by atoms with van der Waals surface area (Å²) >= 11 is 3.39. The minimum Gasteiger partial charge on any atom is -0.467 e. The highest BCUT2D eigenvalue weighted by Gasteiger charge is 2.01. The smallest absolute Gasteiger partial charge is 0.131 e. The van der Waals surface area contributed by atoms with Gasteiger partial charge in [0.15, 0.2) is 0 Å². The van der Waals surface area contributed by atoms with Crippen molar-refractivity contribution >= 4 is 15.9 Å². The second-order valence-corrected chi connectivity index (χ2v) is 3.91. The molecule has 1 heterocycles. The number of ether oxygens (including phenoxy) is 1. The van der Waals surface area contributed by atoms with Gasteiger partial charge in [-0.25, -0.2) is 0 Å². The molecule has 3 nitrogen and oxygen atoms in total. The van der Waals surface area contributed by atoms with Crippen molar-refractivity contribution in [2.75, 3.05) is 19.8 Å². The third-order valence-electron chi connectivity index (χ3n) is 1.87. The normalized spacial score (nSPS) is 10.5. The molecule has 1 rings (SSSR count). The quantitative estimate of drug-likeness (QED) is 0.584. The van der Waals surface area contributed by atoms with Crippen LogP contribution in [-0.2, 0) is 11.3 Å². The molecule has 1 aromatic rings. The van der Waals surface area contributed by atoms with Gasteiger partial charge in [0.2, 0.25) is 0 Å². The minimum absolute atomic E-state index is 0.714. The molecule has 1 N–H and O–H groups in total. The van der Waals surface area contributed by atoms with Gasteiger partial charge in [0.25, 0.3) is 0 Å². The number of rotatable bonds is 8. The Morgan fingerprint density at radius 3 is 3.07 bits per heavy atom. The van der Waals surface area contributed by atoms with Crippen LogP contribution in [0, 0.1) is 0 Å². The first-order chi connectivity index (χ1) is 7.34. The van der Waals surface area contributed by atoms with E-state index in [0.717, 1.165) is 36.4 Å². The van der Waals surface area contributed by atoms with Gasteiger partial charge in [-0.2, -0.15) is 0 Å². The predicted molar refractivity (Wildman–Crippen MR) is 63.7 cm³/mol. The fourth-order valence-corrected chi connectivity index (χ4v) is 1.41. The van der Waals surface area contributed by atoms with Crippen LogP contribution in [0.5, 0.6) is 0 Å². The largest absolute Gasteiger partial charge is 0.467 e. The van der Waals surface area contributed by atoms with Gasteiger partial charge in [-0.15, -0.1) is 6.58 Å². The van der Waals surface area contributed by atoms with Gasteiger partial charge in [-0.3, -0.25) is 0 Å². The van der Waals surface area contributed by atoms with E-state index in [2.05, 4.69) is 27.8 Å². The summed E-state index contributed by atoms with van der Waals surface area (Å²) in [5, 5.41) is 3.23. The van der Waals surface area contributed by atoms with Gasteiger partial charge in [0.05, 0.1) is 30.5 Å². The zero-order chi connectivity index (χ0) is 10.9. The van der Waals surface area contributed by atoms with Gasteiger partial charge in [0.1, 0.15) is 5.76 Å². The van der Waals surface area contributed by atoms with Crippen molar-refractivity contribution in [3.05, 3.63) is 35.2 Å². The maximum Gasteiger partial charge on any atom is 0.131 e. The zero-order valence-electron chi connectivity index (χ0n) is 8.67. The van der Waals surface area contributed by atoms with Crippen molar-refractivity contribution in [3.8, 4) is 0 Å². The lowest BCUT2D eigenvalue weighted by molar-refractivity contribution is 0.140. The summed E-state index contributed by atoms with van der Waals surface area (Å²) in [5.41, 5.74) is 0. The Kier molecular flexibility index (Phi) is 6.39. The fourth-order valence-electron chi connectivity index (χ4n) is 1.07. The molecule has 0 saturated heterocycles. The zero-order valence-corrected chi connectivity index (χ0v) is 10.3. The predicted octanol–water partition coefficient (Wildman–Crippen LogP) is 2.72. The molecule has 0 bridgehead atoms. The Morgan fingerprint density at radius 2 is 2.40 bits per heavy atom. The molecule has 0 aliphatic heterocycles. The Morgan fingerprint density at radius 1 is 1.53 bits per heavy atom. The topological polar surface area (TPSA) is 34.4 Å². The van der Waals surface area contributed by atoms with Gasteiger partial charge in [-0.05, 0) is 28.4 Å². The van der Waals surface area contributed by atoms with Crippen molar-refractivity contribution in [1.29, 1.82) is 0 Å². The van der Waals surface area contributed by atoms with Crippen molar-refractivity contribution in [2.45, 2.75) is 13.0 Å². The molecule has 1 aromatic heterocycles. The molecule has 0 aromatic carbocycles. The standard InChI is InChI=1S/C11H16BrNO2/c1-2-3-6-14-8-5-13-9-11-10(12)4-7-15-11/h2,4,7,13H,1,3,5-6,8-9H2. The van der Waals surface area contributed by atoms with Crippen LogP contribution < -0.4 is 5.32 Å². The van der Waals surface area contributed by atoms with E-state index >= 15 is 0 Å². The Bertz CT molecular complexity index is 286. The summed E-state index contributed by atoms with van der Waals surface area (Å²) in [4.78, 5) is 0. The highest BCUT2D eigenvalue weighted by molar-refractivity contribution is 9.10. The molecule has 0 amide bonds. The molecule has 0 saturated carbocycles. The lowest BCUT2D eigenvalue weighted by Crippen LogP contribution is -2.19. The Hall–Kier alpha value is -0.580. The molecule has 0 spiro atoms. The number of furan rings is 1. The molecular formula is C11H16BrNO2. The van der Waals surface area contributed by atoms with Gasteiger partial charge < -0.3 is 14.5 Å². The van der Waals surface area contributed by atoms with Gasteiger partial charge in [-0.1, -0.05) is 6.08 Å². The molecule has 84 valence electrons. The molecule has 0 aliphatic carbocycles.